The molecule has 0 heterocycles. The molecule has 0 fully saturated rings. The third kappa shape index (κ3) is 38.2. The van der Waals surface area contributed by atoms with E-state index in [0.717, 1.165) is 64.2 Å². The molecule has 9 nitrogen and oxygen atoms in total. The van der Waals surface area contributed by atoms with E-state index in [1.165, 1.54) is 128 Å². The largest absolute Gasteiger partial charge is 0.480 e. The smallest absolute Gasteiger partial charge is 0.328 e. The Balaban J connectivity index is 4.14. The topological polar surface area (TPSA) is 142 Å². The number of hydrogen-bond donors (Lipinski definition) is 4. The van der Waals surface area contributed by atoms with Crippen molar-refractivity contribution < 1.29 is 34.1 Å². The molecule has 0 aliphatic carbocycles. The minimum atomic E-state index is -1.38. The number of amides is 2. The van der Waals surface area contributed by atoms with Crippen molar-refractivity contribution in [1.29, 1.82) is 0 Å². The number of unbranched alkanes of at least 4 members (excludes halogenated alkanes) is 26. The molecule has 9 heteroatoms. The van der Waals surface area contributed by atoms with Crippen LogP contribution < -0.4 is 10.6 Å². The van der Waals surface area contributed by atoms with E-state index in [1.807, 2.05) is 0 Å². The van der Waals surface area contributed by atoms with E-state index in [-0.39, 0.29) is 24.5 Å². The molecule has 2 atom stereocenters. The Morgan fingerprint density at radius 3 is 1.52 bits per heavy atom. The molecule has 0 saturated heterocycles. The second kappa shape index (κ2) is 41.9. The van der Waals surface area contributed by atoms with E-state index in [1.54, 1.807) is 0 Å². The highest BCUT2D eigenvalue weighted by Gasteiger charge is 2.18. The number of carbonyl (C=O) groups is 4. The number of aliphatic carboxylic acids is 1. The van der Waals surface area contributed by atoms with Gasteiger partial charge in [0.05, 0.1) is 13.2 Å². The van der Waals surface area contributed by atoms with Crippen molar-refractivity contribution in [3.05, 3.63) is 24.3 Å². The van der Waals surface area contributed by atoms with Crippen LogP contribution in [0.25, 0.3) is 0 Å². The van der Waals surface area contributed by atoms with Crippen LogP contribution in [0.2, 0.25) is 0 Å². The van der Waals surface area contributed by atoms with Crippen LogP contribution in [0.4, 0.5) is 0 Å². The molecule has 0 aromatic rings. The summed E-state index contributed by atoms with van der Waals surface area (Å²) in [5, 5.41) is 22.5. The fourth-order valence-electron chi connectivity index (χ4n) is 6.84. The minimum Gasteiger partial charge on any atom is -0.480 e. The van der Waals surface area contributed by atoms with Crippen LogP contribution in [-0.4, -0.2) is 59.3 Å². The Morgan fingerprint density at radius 1 is 0.554 bits per heavy atom. The molecule has 0 saturated carbocycles. The van der Waals surface area contributed by atoms with Gasteiger partial charge in [0.2, 0.25) is 11.8 Å². The zero-order valence-corrected chi connectivity index (χ0v) is 36.1. The molecule has 0 aliphatic heterocycles. The third-order valence-electron chi connectivity index (χ3n) is 10.4. The van der Waals surface area contributed by atoms with Crippen molar-refractivity contribution in [3.63, 3.8) is 0 Å². The van der Waals surface area contributed by atoms with Gasteiger partial charge in [-0.15, -0.1) is 0 Å². The highest BCUT2D eigenvalue weighted by Crippen LogP contribution is 2.17. The van der Waals surface area contributed by atoms with Crippen LogP contribution in [0, 0.1) is 0 Å². The van der Waals surface area contributed by atoms with Crippen molar-refractivity contribution in [2.75, 3.05) is 13.2 Å². The molecule has 0 spiro atoms. The van der Waals surface area contributed by atoms with Gasteiger partial charge >= 0.3 is 11.9 Å². The SMILES string of the molecule is CCCCC/C=C\C/C=C\C(CCCCCCCCC(=O)NCC(=O)NC(CO)C(=O)O)OC(=O)CCCCCCCCCCCCCCCCCCCCC. The van der Waals surface area contributed by atoms with E-state index in [9.17, 15) is 19.2 Å². The lowest BCUT2D eigenvalue weighted by Gasteiger charge is -2.15. The lowest BCUT2D eigenvalue weighted by molar-refractivity contribution is -0.147. The monoisotopic (exact) mass is 791 g/mol. The Labute approximate surface area is 343 Å². The molecule has 4 N–H and O–H groups in total. The van der Waals surface area contributed by atoms with Crippen LogP contribution in [0.5, 0.6) is 0 Å². The van der Waals surface area contributed by atoms with Crippen LogP contribution in [0.15, 0.2) is 24.3 Å². The molecule has 0 aromatic heterocycles. The first-order chi connectivity index (χ1) is 27.3. The van der Waals surface area contributed by atoms with Gasteiger partial charge in [-0.05, 0) is 51.0 Å². The number of aliphatic hydroxyl groups excluding tert-OH is 1. The van der Waals surface area contributed by atoms with Gasteiger partial charge < -0.3 is 25.6 Å². The van der Waals surface area contributed by atoms with Gasteiger partial charge in [-0.1, -0.05) is 186 Å². The molecule has 0 radical (unpaired) electrons. The summed E-state index contributed by atoms with van der Waals surface area (Å²) in [7, 11) is 0. The first-order valence-electron chi connectivity index (χ1n) is 23.2. The van der Waals surface area contributed by atoms with Crippen LogP contribution in [-0.2, 0) is 23.9 Å². The molecule has 0 aliphatic rings. The minimum absolute atomic E-state index is 0.0902. The Morgan fingerprint density at radius 2 is 1.02 bits per heavy atom. The fraction of sp³-hybridized carbons (Fsp3) is 0.830. The summed E-state index contributed by atoms with van der Waals surface area (Å²) >= 11 is 0. The highest BCUT2D eigenvalue weighted by molar-refractivity contribution is 5.87. The Hall–Kier alpha value is -2.68. The number of carbonyl (C=O) groups excluding carboxylic acids is 3. The number of ether oxygens (including phenoxy) is 1. The van der Waals surface area contributed by atoms with E-state index >= 15 is 0 Å². The number of carboxylic acid groups (broad SMARTS) is 1. The lowest BCUT2D eigenvalue weighted by atomic mass is 10.0. The molecular formula is C47H86N2O7. The Bertz CT molecular complexity index is 999. The van der Waals surface area contributed by atoms with E-state index in [0.29, 0.717) is 19.3 Å². The van der Waals surface area contributed by atoms with E-state index in [2.05, 4.69) is 48.8 Å². The summed E-state index contributed by atoms with van der Waals surface area (Å²) in [5.74, 6) is -2.34. The first-order valence-corrected chi connectivity index (χ1v) is 23.2. The molecule has 0 rings (SSSR count). The normalized spacial score (nSPS) is 12.6. The molecule has 0 aromatic carbocycles. The van der Waals surface area contributed by atoms with E-state index < -0.39 is 24.5 Å². The van der Waals surface area contributed by atoms with Gasteiger partial charge in [-0.25, -0.2) is 4.79 Å². The standard InChI is InChI=1S/C47H86N2O7/c1-3-5-7-9-11-13-14-15-16-17-18-19-20-21-22-23-25-31-35-39-46(53)56-42(36-32-28-24-12-10-8-6-4-2)37-33-29-26-27-30-34-38-44(51)48-40-45(52)49-43(41-50)47(54)55/h12,24,32,36,42-43,50H,3-11,13-23,25-31,33-35,37-41H2,1-2H3,(H,48,51)(H,49,52)(H,54,55)/b24-12-,36-32-. The maximum Gasteiger partial charge on any atom is 0.328 e. The summed E-state index contributed by atoms with van der Waals surface area (Å²) < 4.78 is 5.93. The zero-order valence-electron chi connectivity index (χ0n) is 36.1. The molecule has 56 heavy (non-hydrogen) atoms. The van der Waals surface area contributed by atoms with Gasteiger partial charge in [-0.3, -0.25) is 14.4 Å². The molecular weight excluding hydrogens is 705 g/mol. The zero-order chi connectivity index (χ0) is 41.2. The quantitative estimate of drug-likeness (QED) is 0.0274. The summed E-state index contributed by atoms with van der Waals surface area (Å²) in [6, 6.07) is -1.38. The van der Waals surface area contributed by atoms with Gasteiger partial charge in [-0.2, -0.15) is 0 Å². The Kier molecular flexibility index (Phi) is 39.9. The van der Waals surface area contributed by atoms with Crippen molar-refractivity contribution in [2.24, 2.45) is 0 Å². The van der Waals surface area contributed by atoms with E-state index in [4.69, 9.17) is 14.9 Å². The molecule has 0 bridgehead atoms. The summed E-state index contributed by atoms with van der Waals surface area (Å²) in [5.41, 5.74) is 0. The number of allylic oxidation sites excluding steroid dienone is 3. The maximum atomic E-state index is 12.7. The highest BCUT2D eigenvalue weighted by atomic mass is 16.5. The second-order valence-electron chi connectivity index (χ2n) is 15.9. The summed E-state index contributed by atoms with van der Waals surface area (Å²) in [6.45, 7) is 3.46. The lowest BCUT2D eigenvalue weighted by Crippen LogP contribution is -2.47. The second-order valence-corrected chi connectivity index (χ2v) is 15.9. The summed E-state index contributed by atoms with van der Waals surface area (Å²) in [4.78, 5) is 47.4. The molecule has 2 unspecified atom stereocenters. The van der Waals surface area contributed by atoms with Crippen molar-refractivity contribution in [3.8, 4) is 0 Å². The van der Waals surface area contributed by atoms with Gasteiger partial charge in [0.1, 0.15) is 12.1 Å². The molecule has 326 valence electrons. The number of carboxylic acids is 1. The van der Waals surface area contributed by atoms with Crippen LogP contribution >= 0.6 is 0 Å². The van der Waals surface area contributed by atoms with Crippen LogP contribution in [0.1, 0.15) is 226 Å². The van der Waals surface area contributed by atoms with Gasteiger partial charge in [0.25, 0.3) is 0 Å². The van der Waals surface area contributed by atoms with Crippen molar-refractivity contribution in [2.45, 2.75) is 238 Å². The third-order valence-corrected chi connectivity index (χ3v) is 10.4. The number of aliphatic hydroxyl groups is 1. The number of esters is 1. The predicted octanol–water partition coefficient (Wildman–Crippen LogP) is 11.6. The first kappa shape index (κ1) is 53.3. The number of nitrogens with one attached hydrogen (secondary N) is 2. The van der Waals surface area contributed by atoms with Crippen molar-refractivity contribution in [1.82, 2.24) is 10.6 Å². The van der Waals surface area contributed by atoms with Gasteiger partial charge in [0.15, 0.2) is 0 Å². The average Bonchev–Trinajstić information content (AvgIpc) is 3.18. The predicted molar refractivity (Wildman–Crippen MR) is 232 cm³/mol. The van der Waals surface area contributed by atoms with Gasteiger partial charge in [0, 0.05) is 12.8 Å². The number of hydrogen-bond acceptors (Lipinski definition) is 6. The summed E-state index contributed by atoms with van der Waals surface area (Å²) in [6.07, 6.45) is 46.7. The number of rotatable bonds is 42. The average molecular weight is 791 g/mol. The van der Waals surface area contributed by atoms with Crippen molar-refractivity contribution >= 4 is 23.8 Å². The van der Waals surface area contributed by atoms with Crippen LogP contribution in [0.3, 0.4) is 0 Å². The fourth-order valence-corrected chi connectivity index (χ4v) is 6.84. The molecule has 2 amide bonds. The maximum absolute atomic E-state index is 12.7.